The van der Waals surface area contributed by atoms with Gasteiger partial charge in [-0.1, -0.05) is 44.5 Å². The normalized spacial score (nSPS) is 22.0. The molecule has 1 fully saturated rings. The Balaban J connectivity index is 1.81. The molecule has 1 aromatic carbocycles. The van der Waals surface area contributed by atoms with Crippen LogP contribution >= 0.6 is 0 Å². The van der Waals surface area contributed by atoms with Crippen LogP contribution in [-0.2, 0) is 17.6 Å². The zero-order chi connectivity index (χ0) is 15.1. The van der Waals surface area contributed by atoms with Gasteiger partial charge in [-0.3, -0.25) is 4.79 Å². The van der Waals surface area contributed by atoms with E-state index >= 15 is 0 Å². The average molecular weight is 288 g/mol. The largest absolute Gasteiger partial charge is 0.352 e. The van der Waals surface area contributed by atoms with Crippen LogP contribution in [0.25, 0.3) is 0 Å². The van der Waals surface area contributed by atoms with E-state index in [2.05, 4.69) is 48.7 Å². The molecule has 2 atom stereocenters. The van der Waals surface area contributed by atoms with E-state index < -0.39 is 0 Å². The van der Waals surface area contributed by atoms with Gasteiger partial charge in [0.1, 0.15) is 0 Å². The summed E-state index contributed by atoms with van der Waals surface area (Å²) in [4.78, 5) is 12.1. The minimum absolute atomic E-state index is 0.136. The van der Waals surface area contributed by atoms with Crippen molar-refractivity contribution >= 4 is 5.91 Å². The van der Waals surface area contributed by atoms with Crippen LogP contribution in [-0.4, -0.2) is 25.0 Å². The zero-order valence-corrected chi connectivity index (χ0v) is 13.3. The van der Waals surface area contributed by atoms with Crippen molar-refractivity contribution in [1.29, 1.82) is 0 Å². The summed E-state index contributed by atoms with van der Waals surface area (Å²) in [6, 6.07) is 8.77. The molecule has 0 radical (unpaired) electrons. The fourth-order valence-corrected chi connectivity index (χ4v) is 2.83. The average Bonchev–Trinajstić information content (AvgIpc) is 2.49. The zero-order valence-electron chi connectivity index (χ0n) is 13.3. The van der Waals surface area contributed by atoms with Gasteiger partial charge in [0.15, 0.2) is 0 Å². The van der Waals surface area contributed by atoms with E-state index in [4.69, 9.17) is 0 Å². The van der Waals surface area contributed by atoms with Crippen molar-refractivity contribution in [2.45, 2.75) is 52.0 Å². The number of nitrogens with one attached hydrogen (secondary N) is 2. The van der Waals surface area contributed by atoms with Gasteiger partial charge in [0.05, 0.1) is 6.42 Å². The summed E-state index contributed by atoms with van der Waals surface area (Å²) in [6.45, 7) is 6.38. The first-order valence-corrected chi connectivity index (χ1v) is 8.27. The molecule has 0 bridgehead atoms. The topological polar surface area (TPSA) is 41.1 Å². The van der Waals surface area contributed by atoms with Crippen LogP contribution in [0.1, 0.15) is 44.2 Å². The van der Waals surface area contributed by atoms with Gasteiger partial charge in [-0.25, -0.2) is 0 Å². The van der Waals surface area contributed by atoms with Gasteiger partial charge >= 0.3 is 0 Å². The lowest BCUT2D eigenvalue weighted by molar-refractivity contribution is -0.121. The lowest BCUT2D eigenvalue weighted by Gasteiger charge is -2.30. The van der Waals surface area contributed by atoms with Crippen molar-refractivity contribution in [2.75, 3.05) is 13.1 Å². The molecule has 0 spiro atoms. The monoisotopic (exact) mass is 288 g/mol. The minimum atomic E-state index is 0.136. The molecule has 0 saturated carbocycles. The third-order valence-corrected chi connectivity index (χ3v) is 4.38. The Kier molecular flexibility index (Phi) is 6.24. The van der Waals surface area contributed by atoms with E-state index in [1.807, 2.05) is 0 Å². The summed E-state index contributed by atoms with van der Waals surface area (Å²) in [7, 11) is 0. The lowest BCUT2D eigenvalue weighted by Crippen LogP contribution is -2.50. The second-order valence-corrected chi connectivity index (χ2v) is 6.24. The third-order valence-electron chi connectivity index (χ3n) is 4.38. The number of piperidine rings is 1. The SMILES string of the molecule is CCCCc1ccc(CC(=O)NC2CNCCC2C)cc1. The molecular formula is C18H28N2O. The quantitative estimate of drug-likeness (QED) is 0.845. The molecule has 2 N–H and O–H groups in total. The molecule has 3 heteroatoms. The first-order valence-electron chi connectivity index (χ1n) is 8.27. The van der Waals surface area contributed by atoms with Gasteiger partial charge in [-0.15, -0.1) is 0 Å². The molecule has 1 heterocycles. The Morgan fingerprint density at radius 3 is 2.67 bits per heavy atom. The van der Waals surface area contributed by atoms with Crippen molar-refractivity contribution in [3.8, 4) is 0 Å². The Labute approximate surface area is 128 Å². The Hall–Kier alpha value is -1.35. The van der Waals surface area contributed by atoms with Gasteiger partial charge in [0.2, 0.25) is 5.91 Å². The highest BCUT2D eigenvalue weighted by molar-refractivity contribution is 5.78. The second kappa shape index (κ2) is 8.18. The predicted octanol–water partition coefficient (Wildman–Crippen LogP) is 2.69. The molecule has 1 aliphatic heterocycles. The van der Waals surface area contributed by atoms with Gasteiger partial charge < -0.3 is 10.6 Å². The molecule has 1 aromatic rings. The third kappa shape index (κ3) is 5.16. The van der Waals surface area contributed by atoms with Crippen LogP contribution < -0.4 is 10.6 Å². The molecule has 2 unspecified atom stereocenters. The number of rotatable bonds is 6. The summed E-state index contributed by atoms with van der Waals surface area (Å²) in [5, 5.41) is 6.51. The fourth-order valence-electron chi connectivity index (χ4n) is 2.83. The highest BCUT2D eigenvalue weighted by Gasteiger charge is 2.22. The van der Waals surface area contributed by atoms with Crippen molar-refractivity contribution in [3.63, 3.8) is 0 Å². The summed E-state index contributed by atoms with van der Waals surface area (Å²) in [6.07, 6.45) is 5.20. The smallest absolute Gasteiger partial charge is 0.224 e. The van der Waals surface area contributed by atoms with Crippen molar-refractivity contribution in [1.82, 2.24) is 10.6 Å². The highest BCUT2D eigenvalue weighted by atomic mass is 16.1. The molecule has 1 saturated heterocycles. The van der Waals surface area contributed by atoms with Crippen molar-refractivity contribution in [3.05, 3.63) is 35.4 Å². The molecule has 2 rings (SSSR count). The van der Waals surface area contributed by atoms with Gasteiger partial charge in [-0.05, 0) is 42.9 Å². The van der Waals surface area contributed by atoms with Crippen molar-refractivity contribution in [2.24, 2.45) is 5.92 Å². The molecule has 3 nitrogen and oxygen atoms in total. The van der Waals surface area contributed by atoms with Gasteiger partial charge in [-0.2, -0.15) is 0 Å². The molecule has 0 aliphatic carbocycles. The molecule has 0 aromatic heterocycles. The number of unbranched alkanes of at least 4 members (excludes halogenated alkanes) is 1. The van der Waals surface area contributed by atoms with E-state index in [-0.39, 0.29) is 11.9 Å². The van der Waals surface area contributed by atoms with E-state index in [0.717, 1.165) is 31.5 Å². The first kappa shape index (κ1) is 16.0. The number of carbonyl (C=O) groups is 1. The first-order chi connectivity index (χ1) is 10.2. The summed E-state index contributed by atoms with van der Waals surface area (Å²) in [5.74, 6) is 0.698. The second-order valence-electron chi connectivity index (χ2n) is 6.24. The number of hydrogen-bond donors (Lipinski definition) is 2. The predicted molar refractivity (Wildman–Crippen MR) is 87.3 cm³/mol. The molecule has 1 aliphatic rings. The summed E-state index contributed by atoms with van der Waals surface area (Å²) in [5.41, 5.74) is 2.47. The Morgan fingerprint density at radius 2 is 2.00 bits per heavy atom. The van der Waals surface area contributed by atoms with E-state index in [0.29, 0.717) is 12.3 Å². The fraction of sp³-hybridized carbons (Fsp3) is 0.611. The number of amides is 1. The van der Waals surface area contributed by atoms with Crippen LogP contribution in [0.2, 0.25) is 0 Å². The molecular weight excluding hydrogens is 260 g/mol. The Bertz CT molecular complexity index is 441. The number of carbonyl (C=O) groups excluding carboxylic acids is 1. The maximum atomic E-state index is 12.1. The number of hydrogen-bond acceptors (Lipinski definition) is 2. The maximum absolute atomic E-state index is 12.1. The van der Waals surface area contributed by atoms with Crippen LogP contribution in [0.3, 0.4) is 0 Å². The molecule has 116 valence electrons. The number of benzene rings is 1. The van der Waals surface area contributed by atoms with Crippen LogP contribution in [0.15, 0.2) is 24.3 Å². The minimum Gasteiger partial charge on any atom is -0.352 e. The van der Waals surface area contributed by atoms with E-state index in [1.165, 1.54) is 18.4 Å². The molecule has 1 amide bonds. The summed E-state index contributed by atoms with van der Waals surface area (Å²) < 4.78 is 0. The number of aryl methyl sites for hydroxylation is 1. The van der Waals surface area contributed by atoms with Crippen LogP contribution in [0, 0.1) is 5.92 Å². The van der Waals surface area contributed by atoms with Crippen LogP contribution in [0.5, 0.6) is 0 Å². The van der Waals surface area contributed by atoms with E-state index in [9.17, 15) is 4.79 Å². The van der Waals surface area contributed by atoms with Crippen molar-refractivity contribution < 1.29 is 4.79 Å². The maximum Gasteiger partial charge on any atom is 0.224 e. The van der Waals surface area contributed by atoms with Gasteiger partial charge in [0.25, 0.3) is 0 Å². The van der Waals surface area contributed by atoms with E-state index in [1.54, 1.807) is 0 Å². The highest BCUT2D eigenvalue weighted by Crippen LogP contribution is 2.12. The molecule has 21 heavy (non-hydrogen) atoms. The van der Waals surface area contributed by atoms with Gasteiger partial charge in [0, 0.05) is 12.6 Å². The lowest BCUT2D eigenvalue weighted by atomic mass is 9.94. The standard InChI is InChI=1S/C18H28N2O/c1-3-4-5-15-6-8-16(9-7-15)12-18(21)20-17-13-19-11-10-14(17)2/h6-9,14,17,19H,3-5,10-13H2,1-2H3,(H,20,21). The summed E-state index contributed by atoms with van der Waals surface area (Å²) >= 11 is 0. The Morgan fingerprint density at radius 1 is 1.29 bits per heavy atom. The van der Waals surface area contributed by atoms with Crippen LogP contribution in [0.4, 0.5) is 0 Å².